The van der Waals surface area contributed by atoms with Crippen molar-refractivity contribution in [3.63, 3.8) is 0 Å². The van der Waals surface area contributed by atoms with Crippen molar-refractivity contribution in [2.24, 2.45) is 5.73 Å². The van der Waals surface area contributed by atoms with Gasteiger partial charge in [0.25, 0.3) is 0 Å². The molecule has 0 spiro atoms. The van der Waals surface area contributed by atoms with Crippen molar-refractivity contribution in [1.29, 1.82) is 0 Å². The minimum Gasteiger partial charge on any atom is -0.326 e. The number of imidazole rings is 1. The molecule has 0 amide bonds. The SMILES string of the molecule is Cc1c(-c2ccc(Cl)cc2Cl)nc2cc(CN)ccn12. The van der Waals surface area contributed by atoms with Gasteiger partial charge in [0.1, 0.15) is 5.65 Å². The molecule has 5 heteroatoms. The van der Waals surface area contributed by atoms with Crippen molar-refractivity contribution < 1.29 is 0 Å². The normalized spacial score (nSPS) is 11.2. The Morgan fingerprint density at radius 3 is 2.70 bits per heavy atom. The van der Waals surface area contributed by atoms with E-state index in [-0.39, 0.29) is 0 Å². The fourth-order valence-corrected chi connectivity index (χ4v) is 2.77. The van der Waals surface area contributed by atoms with Crippen LogP contribution in [0.2, 0.25) is 10.0 Å². The van der Waals surface area contributed by atoms with Crippen molar-refractivity contribution in [3.05, 3.63) is 57.8 Å². The summed E-state index contributed by atoms with van der Waals surface area (Å²) >= 11 is 12.2. The number of rotatable bonds is 2. The Hall–Kier alpha value is -1.55. The molecule has 0 bridgehead atoms. The molecule has 2 heterocycles. The quantitative estimate of drug-likeness (QED) is 0.775. The van der Waals surface area contributed by atoms with Crippen LogP contribution in [0, 0.1) is 6.92 Å². The van der Waals surface area contributed by atoms with Gasteiger partial charge in [-0.25, -0.2) is 4.98 Å². The first-order valence-corrected chi connectivity index (χ1v) is 6.99. The highest BCUT2D eigenvalue weighted by Crippen LogP contribution is 2.32. The first-order valence-electron chi connectivity index (χ1n) is 6.23. The third-order valence-corrected chi connectivity index (χ3v) is 3.90. The van der Waals surface area contributed by atoms with Crippen molar-refractivity contribution in [2.75, 3.05) is 0 Å². The van der Waals surface area contributed by atoms with Crippen LogP contribution >= 0.6 is 23.2 Å². The van der Waals surface area contributed by atoms with E-state index in [0.29, 0.717) is 16.6 Å². The Morgan fingerprint density at radius 1 is 1.20 bits per heavy atom. The topological polar surface area (TPSA) is 43.3 Å². The largest absolute Gasteiger partial charge is 0.326 e. The first kappa shape index (κ1) is 13.4. The molecule has 0 fully saturated rings. The van der Waals surface area contributed by atoms with Gasteiger partial charge in [-0.15, -0.1) is 0 Å². The molecule has 0 aliphatic heterocycles. The molecule has 3 rings (SSSR count). The predicted molar refractivity (Wildman–Crippen MR) is 83.3 cm³/mol. The Bertz CT molecular complexity index is 793. The summed E-state index contributed by atoms with van der Waals surface area (Å²) in [6, 6.07) is 9.42. The first-order chi connectivity index (χ1) is 9.60. The van der Waals surface area contributed by atoms with Crippen molar-refractivity contribution in [1.82, 2.24) is 9.38 Å². The van der Waals surface area contributed by atoms with Crippen LogP contribution in [-0.4, -0.2) is 9.38 Å². The molecule has 1 aromatic carbocycles. The van der Waals surface area contributed by atoms with Crippen LogP contribution in [-0.2, 0) is 6.54 Å². The van der Waals surface area contributed by atoms with E-state index in [4.69, 9.17) is 28.9 Å². The predicted octanol–water partition coefficient (Wildman–Crippen LogP) is 4.08. The summed E-state index contributed by atoms with van der Waals surface area (Å²) in [6.07, 6.45) is 1.98. The maximum Gasteiger partial charge on any atom is 0.137 e. The zero-order chi connectivity index (χ0) is 14.3. The molecule has 2 N–H and O–H groups in total. The summed E-state index contributed by atoms with van der Waals surface area (Å²) in [5.41, 5.74) is 10.4. The van der Waals surface area contributed by atoms with E-state index < -0.39 is 0 Å². The van der Waals surface area contributed by atoms with Crippen molar-refractivity contribution >= 4 is 28.8 Å². The van der Waals surface area contributed by atoms with E-state index in [1.807, 2.05) is 41.8 Å². The third kappa shape index (κ3) is 2.18. The van der Waals surface area contributed by atoms with E-state index in [1.165, 1.54) is 0 Å². The van der Waals surface area contributed by atoms with Crippen molar-refractivity contribution in [3.8, 4) is 11.3 Å². The summed E-state index contributed by atoms with van der Waals surface area (Å²) < 4.78 is 2.03. The summed E-state index contributed by atoms with van der Waals surface area (Å²) in [4.78, 5) is 4.66. The molecule has 0 radical (unpaired) electrons. The second-order valence-electron chi connectivity index (χ2n) is 4.64. The highest BCUT2D eigenvalue weighted by molar-refractivity contribution is 6.36. The van der Waals surface area contributed by atoms with Gasteiger partial charge in [-0.1, -0.05) is 23.2 Å². The molecule has 102 valence electrons. The molecule has 3 aromatic rings. The minimum absolute atomic E-state index is 0.499. The molecule has 2 aromatic heterocycles. The Kier molecular flexibility index (Phi) is 3.42. The van der Waals surface area contributed by atoms with E-state index in [0.717, 1.165) is 28.2 Å². The second-order valence-corrected chi connectivity index (χ2v) is 5.48. The van der Waals surface area contributed by atoms with Gasteiger partial charge < -0.3 is 10.1 Å². The van der Waals surface area contributed by atoms with E-state index in [1.54, 1.807) is 6.07 Å². The number of halogens is 2. The number of nitrogens with two attached hydrogens (primary N) is 1. The van der Waals surface area contributed by atoms with Gasteiger partial charge in [0.15, 0.2) is 0 Å². The number of aryl methyl sites for hydroxylation is 1. The van der Waals surface area contributed by atoms with Gasteiger partial charge in [0.05, 0.1) is 10.7 Å². The van der Waals surface area contributed by atoms with Gasteiger partial charge >= 0.3 is 0 Å². The summed E-state index contributed by atoms with van der Waals surface area (Å²) in [6.45, 7) is 2.52. The van der Waals surface area contributed by atoms with E-state index in [9.17, 15) is 0 Å². The smallest absolute Gasteiger partial charge is 0.137 e. The number of hydrogen-bond acceptors (Lipinski definition) is 2. The van der Waals surface area contributed by atoms with Gasteiger partial charge in [0, 0.05) is 29.0 Å². The van der Waals surface area contributed by atoms with Crippen LogP contribution < -0.4 is 5.73 Å². The zero-order valence-corrected chi connectivity index (χ0v) is 12.4. The molecule has 0 aliphatic carbocycles. The highest BCUT2D eigenvalue weighted by atomic mass is 35.5. The maximum atomic E-state index is 6.27. The second kappa shape index (κ2) is 5.09. The van der Waals surface area contributed by atoms with Gasteiger partial charge in [-0.3, -0.25) is 0 Å². The Balaban J connectivity index is 2.23. The van der Waals surface area contributed by atoms with Crippen LogP contribution in [0.25, 0.3) is 16.9 Å². The summed E-state index contributed by atoms with van der Waals surface area (Å²) in [5, 5.41) is 1.22. The monoisotopic (exact) mass is 305 g/mol. The molecule has 0 saturated heterocycles. The molecule has 0 atom stereocenters. The van der Waals surface area contributed by atoms with Crippen LogP contribution in [0.1, 0.15) is 11.3 Å². The number of nitrogens with zero attached hydrogens (tertiary/aromatic N) is 2. The lowest BCUT2D eigenvalue weighted by atomic mass is 10.1. The van der Waals surface area contributed by atoms with Gasteiger partial charge in [-0.05, 0) is 42.8 Å². The van der Waals surface area contributed by atoms with E-state index >= 15 is 0 Å². The number of benzene rings is 1. The van der Waals surface area contributed by atoms with Crippen LogP contribution in [0.5, 0.6) is 0 Å². The average Bonchev–Trinajstić information content (AvgIpc) is 2.75. The maximum absolute atomic E-state index is 6.27. The lowest BCUT2D eigenvalue weighted by molar-refractivity contribution is 1.04. The minimum atomic E-state index is 0.499. The average molecular weight is 306 g/mol. The third-order valence-electron chi connectivity index (χ3n) is 3.35. The van der Waals surface area contributed by atoms with Gasteiger partial charge in [0.2, 0.25) is 0 Å². The molecule has 0 saturated carbocycles. The number of fused-ring (bicyclic) bond motifs is 1. The van der Waals surface area contributed by atoms with Crippen LogP contribution in [0.15, 0.2) is 36.5 Å². The molecule has 20 heavy (non-hydrogen) atoms. The molecule has 0 unspecified atom stereocenters. The van der Waals surface area contributed by atoms with Gasteiger partial charge in [-0.2, -0.15) is 0 Å². The lowest BCUT2D eigenvalue weighted by Gasteiger charge is -2.03. The summed E-state index contributed by atoms with van der Waals surface area (Å²) in [5.74, 6) is 0. The number of aromatic nitrogens is 2. The molecule has 3 nitrogen and oxygen atoms in total. The molecule has 0 aliphatic rings. The molecular weight excluding hydrogens is 293 g/mol. The lowest BCUT2D eigenvalue weighted by Crippen LogP contribution is -1.97. The fraction of sp³-hybridized carbons (Fsp3) is 0.133. The van der Waals surface area contributed by atoms with Crippen molar-refractivity contribution in [2.45, 2.75) is 13.5 Å². The summed E-state index contributed by atoms with van der Waals surface area (Å²) in [7, 11) is 0. The fourth-order valence-electron chi connectivity index (χ4n) is 2.27. The Labute approximate surface area is 127 Å². The number of pyridine rings is 1. The van der Waals surface area contributed by atoms with Crippen LogP contribution in [0.4, 0.5) is 0 Å². The molecular formula is C15H13Cl2N3. The Morgan fingerprint density at radius 2 is 2.00 bits per heavy atom. The van der Waals surface area contributed by atoms with Crippen LogP contribution in [0.3, 0.4) is 0 Å². The standard InChI is InChI=1S/C15H13Cl2N3/c1-9-15(12-3-2-11(16)7-13(12)17)19-14-6-10(8-18)4-5-20(9)14/h2-7H,8,18H2,1H3. The highest BCUT2D eigenvalue weighted by Gasteiger charge is 2.13. The zero-order valence-electron chi connectivity index (χ0n) is 10.9. The van der Waals surface area contributed by atoms with E-state index in [2.05, 4.69) is 4.98 Å². The number of hydrogen-bond donors (Lipinski definition) is 1.